The van der Waals surface area contributed by atoms with Crippen LogP contribution in [-0.2, 0) is 4.74 Å². The van der Waals surface area contributed by atoms with E-state index in [2.05, 4.69) is 17.9 Å². The smallest absolute Gasteiger partial charge is 0.260 e. The average Bonchev–Trinajstić information content (AvgIpc) is 3.14. The second-order valence-corrected chi connectivity index (χ2v) is 8.18. The summed E-state index contributed by atoms with van der Waals surface area (Å²) in [6.45, 7) is 8.87. The lowest BCUT2D eigenvalue weighted by atomic mass is 10.1. The van der Waals surface area contributed by atoms with Crippen LogP contribution in [0.25, 0.3) is 10.2 Å². The number of aryl methyl sites for hydroxylation is 2. The molecule has 146 valence electrons. The summed E-state index contributed by atoms with van der Waals surface area (Å²) in [6.07, 6.45) is 0. The molecule has 1 amide bonds. The molecule has 0 saturated carbocycles. The van der Waals surface area contributed by atoms with Gasteiger partial charge in [0.25, 0.3) is 5.91 Å². The lowest BCUT2D eigenvalue weighted by molar-refractivity contribution is 0.0391. The number of morpholine rings is 1. The van der Waals surface area contributed by atoms with E-state index >= 15 is 0 Å². The van der Waals surface area contributed by atoms with Gasteiger partial charge in [-0.1, -0.05) is 29.5 Å². The van der Waals surface area contributed by atoms with E-state index in [1.165, 1.54) is 5.56 Å². The standard InChI is InChI=1S/C22H25N3O2S/c1-16-7-8-18(15-17(16)2)21(26)25(10-9-24-11-13-27-14-12-24)22-23-19-5-3-4-6-20(19)28-22/h3-8,15H,9-14H2,1-2H3. The van der Waals surface area contributed by atoms with Crippen molar-refractivity contribution < 1.29 is 9.53 Å². The van der Waals surface area contributed by atoms with Crippen LogP contribution in [-0.4, -0.2) is 55.2 Å². The first-order valence-corrected chi connectivity index (χ1v) is 10.5. The van der Waals surface area contributed by atoms with E-state index in [9.17, 15) is 4.79 Å². The maximum absolute atomic E-state index is 13.4. The molecule has 28 heavy (non-hydrogen) atoms. The lowest BCUT2D eigenvalue weighted by Crippen LogP contribution is -2.43. The highest BCUT2D eigenvalue weighted by Gasteiger charge is 2.23. The van der Waals surface area contributed by atoms with Crippen molar-refractivity contribution in [3.8, 4) is 0 Å². The van der Waals surface area contributed by atoms with Gasteiger partial charge in [-0.15, -0.1) is 0 Å². The Hall–Kier alpha value is -2.28. The molecule has 5 nitrogen and oxygen atoms in total. The molecule has 1 fully saturated rings. The third kappa shape index (κ3) is 4.09. The highest BCUT2D eigenvalue weighted by Crippen LogP contribution is 2.29. The minimum Gasteiger partial charge on any atom is -0.379 e. The summed E-state index contributed by atoms with van der Waals surface area (Å²) in [5.74, 6) is 0.00964. The van der Waals surface area contributed by atoms with Crippen molar-refractivity contribution in [3.05, 3.63) is 59.2 Å². The Morgan fingerprint density at radius 3 is 2.68 bits per heavy atom. The second-order valence-electron chi connectivity index (χ2n) is 7.17. The lowest BCUT2D eigenvalue weighted by Gasteiger charge is -2.29. The van der Waals surface area contributed by atoms with Gasteiger partial charge in [0, 0.05) is 31.7 Å². The normalized spacial score (nSPS) is 15.1. The molecule has 6 heteroatoms. The van der Waals surface area contributed by atoms with Crippen molar-refractivity contribution in [1.82, 2.24) is 9.88 Å². The second kappa shape index (κ2) is 8.39. The van der Waals surface area contributed by atoms with Crippen LogP contribution in [0.5, 0.6) is 0 Å². The maximum Gasteiger partial charge on any atom is 0.260 e. The fourth-order valence-corrected chi connectivity index (χ4v) is 4.35. The van der Waals surface area contributed by atoms with Gasteiger partial charge < -0.3 is 4.74 Å². The molecule has 2 aromatic carbocycles. The van der Waals surface area contributed by atoms with Crippen molar-refractivity contribution in [2.24, 2.45) is 0 Å². The molecule has 1 aliphatic heterocycles. The number of thiazole rings is 1. The third-order valence-corrected chi connectivity index (χ3v) is 6.32. The number of fused-ring (bicyclic) bond motifs is 1. The first-order valence-electron chi connectivity index (χ1n) is 9.66. The van der Waals surface area contributed by atoms with E-state index in [1.54, 1.807) is 11.3 Å². The van der Waals surface area contributed by atoms with E-state index in [1.807, 2.05) is 48.2 Å². The predicted molar refractivity (Wildman–Crippen MR) is 114 cm³/mol. The number of ether oxygens (including phenoxy) is 1. The van der Waals surface area contributed by atoms with E-state index < -0.39 is 0 Å². The Bertz CT molecular complexity index is 946. The fraction of sp³-hybridized carbons (Fsp3) is 0.364. The zero-order valence-electron chi connectivity index (χ0n) is 16.4. The van der Waals surface area contributed by atoms with E-state index in [0.29, 0.717) is 12.1 Å². The van der Waals surface area contributed by atoms with Crippen LogP contribution in [0.3, 0.4) is 0 Å². The fourth-order valence-electron chi connectivity index (χ4n) is 3.36. The minimum atomic E-state index is 0.00964. The number of carbonyl (C=O) groups is 1. The quantitative estimate of drug-likeness (QED) is 0.657. The summed E-state index contributed by atoms with van der Waals surface area (Å²) in [7, 11) is 0. The molecule has 4 rings (SSSR count). The highest BCUT2D eigenvalue weighted by atomic mass is 32.1. The molecule has 0 radical (unpaired) electrons. The summed E-state index contributed by atoms with van der Waals surface area (Å²) in [4.78, 5) is 22.3. The number of hydrogen-bond donors (Lipinski definition) is 0. The minimum absolute atomic E-state index is 0.00964. The van der Waals surface area contributed by atoms with Crippen LogP contribution in [0.1, 0.15) is 21.5 Å². The van der Waals surface area contributed by atoms with Gasteiger partial charge in [0.1, 0.15) is 0 Å². The van der Waals surface area contributed by atoms with Gasteiger partial charge in [-0.3, -0.25) is 14.6 Å². The molecule has 1 aliphatic rings. The number of aromatic nitrogens is 1. The molecule has 1 saturated heterocycles. The molecular formula is C22H25N3O2S. The number of anilines is 1. The zero-order valence-corrected chi connectivity index (χ0v) is 17.2. The van der Waals surface area contributed by atoms with Crippen molar-refractivity contribution in [2.75, 3.05) is 44.3 Å². The maximum atomic E-state index is 13.4. The third-order valence-electron chi connectivity index (χ3n) is 5.26. The van der Waals surface area contributed by atoms with E-state index in [-0.39, 0.29) is 5.91 Å². The molecular weight excluding hydrogens is 370 g/mol. The van der Waals surface area contributed by atoms with E-state index in [4.69, 9.17) is 9.72 Å². The van der Waals surface area contributed by atoms with Gasteiger partial charge in [0.05, 0.1) is 23.4 Å². The first-order chi connectivity index (χ1) is 13.6. The first kappa shape index (κ1) is 19.1. The van der Waals surface area contributed by atoms with Gasteiger partial charge in [0.15, 0.2) is 5.13 Å². The number of nitrogens with zero attached hydrogens (tertiary/aromatic N) is 3. The molecule has 3 aromatic rings. The Morgan fingerprint density at radius 2 is 1.93 bits per heavy atom. The number of hydrogen-bond acceptors (Lipinski definition) is 5. The molecule has 0 bridgehead atoms. The molecule has 1 aromatic heterocycles. The van der Waals surface area contributed by atoms with Gasteiger partial charge in [0.2, 0.25) is 0 Å². The van der Waals surface area contributed by atoms with Crippen LogP contribution in [0.15, 0.2) is 42.5 Å². The summed E-state index contributed by atoms with van der Waals surface area (Å²) in [6, 6.07) is 13.9. The number of carbonyl (C=O) groups excluding carboxylic acids is 1. The highest BCUT2D eigenvalue weighted by molar-refractivity contribution is 7.22. The van der Waals surface area contributed by atoms with Gasteiger partial charge in [-0.25, -0.2) is 4.98 Å². The van der Waals surface area contributed by atoms with E-state index in [0.717, 1.165) is 53.8 Å². The van der Waals surface area contributed by atoms with Crippen molar-refractivity contribution >= 4 is 32.6 Å². The molecule has 0 atom stereocenters. The molecule has 0 spiro atoms. The SMILES string of the molecule is Cc1ccc(C(=O)N(CCN2CCOCC2)c2nc3ccccc3s2)cc1C. The number of para-hydroxylation sites is 1. The van der Waals surface area contributed by atoms with Crippen molar-refractivity contribution in [3.63, 3.8) is 0 Å². The molecule has 0 unspecified atom stereocenters. The van der Waals surface area contributed by atoms with Gasteiger partial charge in [-0.2, -0.15) is 0 Å². The Morgan fingerprint density at radius 1 is 1.14 bits per heavy atom. The van der Waals surface area contributed by atoms with Crippen LogP contribution in [0.4, 0.5) is 5.13 Å². The van der Waals surface area contributed by atoms with Crippen LogP contribution in [0.2, 0.25) is 0 Å². The summed E-state index contributed by atoms with van der Waals surface area (Å²) >= 11 is 1.57. The molecule has 0 aliphatic carbocycles. The van der Waals surface area contributed by atoms with Crippen LogP contribution >= 0.6 is 11.3 Å². The van der Waals surface area contributed by atoms with Crippen LogP contribution in [0, 0.1) is 13.8 Å². The number of amides is 1. The Kier molecular flexibility index (Phi) is 5.71. The summed E-state index contributed by atoms with van der Waals surface area (Å²) in [5.41, 5.74) is 3.97. The monoisotopic (exact) mass is 395 g/mol. The largest absolute Gasteiger partial charge is 0.379 e. The topological polar surface area (TPSA) is 45.7 Å². The Balaban J connectivity index is 1.63. The number of benzene rings is 2. The zero-order chi connectivity index (χ0) is 19.5. The van der Waals surface area contributed by atoms with Crippen molar-refractivity contribution in [2.45, 2.75) is 13.8 Å². The van der Waals surface area contributed by atoms with Crippen molar-refractivity contribution in [1.29, 1.82) is 0 Å². The van der Waals surface area contributed by atoms with Crippen LogP contribution < -0.4 is 4.90 Å². The Labute approximate surface area is 169 Å². The van der Waals surface area contributed by atoms with Gasteiger partial charge in [-0.05, 0) is 49.2 Å². The number of rotatable bonds is 5. The predicted octanol–water partition coefficient (Wildman–Crippen LogP) is 3.89. The van der Waals surface area contributed by atoms with Gasteiger partial charge >= 0.3 is 0 Å². The average molecular weight is 396 g/mol. The summed E-state index contributed by atoms with van der Waals surface area (Å²) in [5, 5.41) is 0.762. The summed E-state index contributed by atoms with van der Waals surface area (Å²) < 4.78 is 6.54. The molecule has 0 N–H and O–H groups in total. The molecule has 2 heterocycles.